The monoisotopic (exact) mass is 500 g/mol. The molecule has 2 aromatic rings. The van der Waals surface area contributed by atoms with E-state index in [0.717, 1.165) is 0 Å². The van der Waals surface area contributed by atoms with Crippen LogP contribution in [0.2, 0.25) is 0 Å². The third-order valence-electron chi connectivity index (χ3n) is 2.94. The number of nitrogens with zero attached hydrogens (tertiary/aromatic N) is 2. The van der Waals surface area contributed by atoms with Crippen molar-refractivity contribution in [1.82, 2.24) is 0 Å². The van der Waals surface area contributed by atoms with Gasteiger partial charge in [-0.2, -0.15) is 0 Å². The van der Waals surface area contributed by atoms with E-state index in [0.29, 0.717) is 0 Å². The Morgan fingerprint density at radius 2 is 0.850 bits per heavy atom. The molecular formula is C16H20N2Te2. The first-order chi connectivity index (χ1) is 9.56. The van der Waals surface area contributed by atoms with Gasteiger partial charge in [0.2, 0.25) is 0 Å². The maximum atomic E-state index is 2.32. The summed E-state index contributed by atoms with van der Waals surface area (Å²) in [7, 11) is 8.36. The molecule has 0 aromatic heterocycles. The van der Waals surface area contributed by atoms with Crippen molar-refractivity contribution in [2.75, 3.05) is 38.0 Å². The van der Waals surface area contributed by atoms with Crippen LogP contribution in [0.1, 0.15) is 0 Å². The number of anilines is 2. The van der Waals surface area contributed by atoms with Gasteiger partial charge in [0, 0.05) is 0 Å². The molecule has 20 heavy (non-hydrogen) atoms. The van der Waals surface area contributed by atoms with E-state index in [-0.39, 0.29) is 34.1 Å². The van der Waals surface area contributed by atoms with Crippen molar-refractivity contribution in [3.8, 4) is 0 Å². The Kier molecular flexibility index (Phi) is 6.06. The van der Waals surface area contributed by atoms with Crippen LogP contribution >= 0.6 is 0 Å². The molecule has 0 saturated carbocycles. The van der Waals surface area contributed by atoms with Gasteiger partial charge < -0.3 is 0 Å². The molecule has 4 heteroatoms. The van der Waals surface area contributed by atoms with E-state index in [1.807, 2.05) is 0 Å². The average molecular weight is 496 g/mol. The quantitative estimate of drug-likeness (QED) is 0.574. The van der Waals surface area contributed by atoms with E-state index in [4.69, 9.17) is 0 Å². The first kappa shape index (κ1) is 16.0. The molecule has 2 rings (SSSR count). The summed E-state index contributed by atoms with van der Waals surface area (Å²) in [5.41, 5.74) is 2.58. The summed E-state index contributed by atoms with van der Waals surface area (Å²) in [4.78, 5) is 4.31. The Bertz CT molecular complexity index is 482. The summed E-state index contributed by atoms with van der Waals surface area (Å²) in [5, 5.41) is 0. The zero-order valence-electron chi connectivity index (χ0n) is 12.3. The predicted octanol–water partition coefficient (Wildman–Crippen LogP) is 1.09. The summed E-state index contributed by atoms with van der Waals surface area (Å²) < 4.78 is 3.17. The Balaban J connectivity index is 1.94. The van der Waals surface area contributed by atoms with Gasteiger partial charge in [0.15, 0.2) is 0 Å². The van der Waals surface area contributed by atoms with Crippen LogP contribution in [0.25, 0.3) is 0 Å². The topological polar surface area (TPSA) is 6.48 Å². The van der Waals surface area contributed by atoms with Crippen molar-refractivity contribution >= 4 is 52.7 Å². The molecule has 0 saturated heterocycles. The fraction of sp³-hybridized carbons (Fsp3) is 0.250. The summed E-state index contributed by atoms with van der Waals surface area (Å²) in [6.07, 6.45) is 0. The van der Waals surface area contributed by atoms with E-state index in [1.54, 1.807) is 7.22 Å². The van der Waals surface area contributed by atoms with Crippen LogP contribution in [0.4, 0.5) is 11.4 Å². The molecule has 0 aliphatic heterocycles. The molecule has 2 aromatic carbocycles. The molecule has 0 bridgehead atoms. The van der Waals surface area contributed by atoms with Crippen LogP contribution in [0, 0.1) is 0 Å². The Labute approximate surface area is 138 Å². The van der Waals surface area contributed by atoms with Crippen LogP contribution in [-0.4, -0.2) is 62.3 Å². The van der Waals surface area contributed by atoms with Crippen LogP contribution in [-0.2, 0) is 0 Å². The minimum absolute atomic E-state index is 0.000428. The molecule has 0 atom stereocenters. The Morgan fingerprint density at radius 1 is 0.550 bits per heavy atom. The fourth-order valence-corrected chi connectivity index (χ4v) is 11.6. The summed E-state index contributed by atoms with van der Waals surface area (Å²) >= 11 is -0.000855. The normalized spacial score (nSPS) is 10.4. The van der Waals surface area contributed by atoms with Crippen molar-refractivity contribution in [2.24, 2.45) is 0 Å². The van der Waals surface area contributed by atoms with Gasteiger partial charge >= 0.3 is 139 Å². The van der Waals surface area contributed by atoms with Crippen LogP contribution in [0.15, 0.2) is 48.5 Å². The van der Waals surface area contributed by atoms with Gasteiger partial charge in [-0.15, -0.1) is 0 Å². The van der Waals surface area contributed by atoms with Crippen molar-refractivity contribution in [2.45, 2.75) is 0 Å². The maximum absolute atomic E-state index is 2.32. The van der Waals surface area contributed by atoms with Gasteiger partial charge in [0.05, 0.1) is 0 Å². The standard InChI is InChI=1S/C16H20N2Te2/c1-17(2)13-5-9-15(10-6-13)19-20-16-11-7-14(8-12-16)18(3)4/h5-12H,1-4H3. The second-order valence-electron chi connectivity index (χ2n) is 4.94. The van der Waals surface area contributed by atoms with E-state index in [9.17, 15) is 0 Å². The van der Waals surface area contributed by atoms with Crippen molar-refractivity contribution < 1.29 is 0 Å². The Morgan fingerprint density at radius 3 is 1.10 bits per heavy atom. The number of rotatable bonds is 5. The van der Waals surface area contributed by atoms with Crippen LogP contribution in [0.3, 0.4) is 0 Å². The Hall–Kier alpha value is -0.381. The molecule has 0 aliphatic carbocycles. The summed E-state index contributed by atoms with van der Waals surface area (Å²) in [5.74, 6) is 0. The second-order valence-corrected chi connectivity index (χ2v) is 15.0. The van der Waals surface area contributed by atoms with E-state index < -0.39 is 0 Å². The van der Waals surface area contributed by atoms with Crippen LogP contribution < -0.4 is 17.0 Å². The third kappa shape index (κ3) is 4.57. The summed E-state index contributed by atoms with van der Waals surface area (Å²) in [6.45, 7) is 0. The molecule has 0 radical (unpaired) electrons. The van der Waals surface area contributed by atoms with Gasteiger partial charge in [-0.05, 0) is 0 Å². The van der Waals surface area contributed by atoms with Crippen LogP contribution in [0.5, 0.6) is 0 Å². The number of hydrogen-bond acceptors (Lipinski definition) is 2. The molecule has 0 aliphatic rings. The molecule has 0 spiro atoms. The van der Waals surface area contributed by atoms with Crippen molar-refractivity contribution in [1.29, 1.82) is 0 Å². The molecule has 0 heterocycles. The molecule has 106 valence electrons. The first-order valence-corrected chi connectivity index (χ1v) is 16.1. The molecule has 0 unspecified atom stereocenters. The number of hydrogen-bond donors (Lipinski definition) is 0. The van der Waals surface area contributed by atoms with E-state index in [1.165, 1.54) is 11.4 Å². The average Bonchev–Trinajstić information content (AvgIpc) is 2.46. The molecular weight excluding hydrogens is 475 g/mol. The van der Waals surface area contributed by atoms with Gasteiger partial charge in [-0.1, -0.05) is 0 Å². The molecule has 0 fully saturated rings. The molecule has 2 nitrogen and oxygen atoms in total. The third-order valence-corrected chi connectivity index (χ3v) is 14.8. The zero-order chi connectivity index (χ0) is 14.5. The molecule has 0 N–H and O–H groups in total. The molecule has 0 amide bonds. The minimum atomic E-state index is -0.000428. The van der Waals surface area contributed by atoms with Gasteiger partial charge in [0.25, 0.3) is 0 Å². The fourth-order valence-electron chi connectivity index (χ4n) is 1.70. The van der Waals surface area contributed by atoms with E-state index in [2.05, 4.69) is 86.5 Å². The van der Waals surface area contributed by atoms with Gasteiger partial charge in [-0.25, -0.2) is 0 Å². The SMILES string of the molecule is CN(C)c1ccc([Te][Te]c2ccc(N(C)C)cc2)cc1. The second kappa shape index (κ2) is 7.58. The van der Waals surface area contributed by atoms with Crippen molar-refractivity contribution in [3.05, 3.63) is 48.5 Å². The van der Waals surface area contributed by atoms with Gasteiger partial charge in [0.1, 0.15) is 0 Å². The van der Waals surface area contributed by atoms with Crippen molar-refractivity contribution in [3.63, 3.8) is 0 Å². The van der Waals surface area contributed by atoms with Gasteiger partial charge in [-0.3, -0.25) is 0 Å². The first-order valence-electron chi connectivity index (χ1n) is 6.45. The van der Waals surface area contributed by atoms with E-state index >= 15 is 0 Å². The zero-order valence-corrected chi connectivity index (χ0v) is 17.0. The summed E-state index contributed by atoms with van der Waals surface area (Å²) in [6, 6.07) is 18.2. The number of benzene rings is 2. The predicted molar refractivity (Wildman–Crippen MR) is 92.3 cm³/mol.